The molecule has 2 unspecified atom stereocenters. The minimum atomic E-state index is -0.997. The Hall–Kier alpha value is -2.90. The van der Waals surface area contributed by atoms with Crippen LogP contribution in [0.25, 0.3) is 0 Å². The third-order valence-corrected chi connectivity index (χ3v) is 9.28. The fourth-order valence-corrected chi connectivity index (χ4v) is 7.73. The van der Waals surface area contributed by atoms with Crippen molar-refractivity contribution in [1.29, 1.82) is 0 Å². The smallest absolute Gasteiger partial charge is 0.322 e. The van der Waals surface area contributed by atoms with Gasteiger partial charge in [-0.25, -0.2) is 4.79 Å². The molecule has 35 heavy (non-hydrogen) atoms. The largest absolute Gasteiger partial charge is 0.497 e. The van der Waals surface area contributed by atoms with Crippen molar-refractivity contribution in [1.82, 2.24) is 15.5 Å². The lowest BCUT2D eigenvalue weighted by Crippen LogP contribution is -2.70. The van der Waals surface area contributed by atoms with Crippen LogP contribution < -0.4 is 15.4 Å². The number of aryl methyl sites for hydroxylation is 1. The van der Waals surface area contributed by atoms with E-state index in [0.29, 0.717) is 25.2 Å². The first-order valence-electron chi connectivity index (χ1n) is 12.6. The summed E-state index contributed by atoms with van der Waals surface area (Å²) >= 11 is 0. The maximum atomic E-state index is 13.0. The Labute approximate surface area is 205 Å². The number of carbonyl (C=O) groups excluding carboxylic acids is 2. The van der Waals surface area contributed by atoms with E-state index >= 15 is 0 Å². The summed E-state index contributed by atoms with van der Waals surface area (Å²) < 4.78 is 5.57. The van der Waals surface area contributed by atoms with Crippen molar-refractivity contribution in [2.45, 2.75) is 61.6 Å². The van der Waals surface area contributed by atoms with Gasteiger partial charge in [0.1, 0.15) is 11.3 Å². The SMILES string of the molecule is COc1ccc(C)c([C@]23CC4CN(CCc5ccccc5)[C@H]4C2(O)CC[C@@]2(C3)NC(=O)NC2=O)c1. The van der Waals surface area contributed by atoms with Gasteiger partial charge in [-0.2, -0.15) is 0 Å². The summed E-state index contributed by atoms with van der Waals surface area (Å²) in [6.45, 7) is 3.89. The van der Waals surface area contributed by atoms with E-state index in [1.807, 2.05) is 24.3 Å². The van der Waals surface area contributed by atoms with Gasteiger partial charge in [-0.1, -0.05) is 36.4 Å². The minimum absolute atomic E-state index is 0.0364. The van der Waals surface area contributed by atoms with Gasteiger partial charge in [-0.05, 0) is 73.8 Å². The predicted octanol–water partition coefficient (Wildman–Crippen LogP) is 2.68. The zero-order valence-electron chi connectivity index (χ0n) is 20.3. The van der Waals surface area contributed by atoms with Crippen LogP contribution in [0, 0.1) is 12.8 Å². The van der Waals surface area contributed by atoms with Crippen molar-refractivity contribution in [3.8, 4) is 5.75 Å². The van der Waals surface area contributed by atoms with Crippen LogP contribution in [0.2, 0.25) is 0 Å². The van der Waals surface area contributed by atoms with Crippen LogP contribution in [0.3, 0.4) is 0 Å². The van der Waals surface area contributed by atoms with Crippen molar-refractivity contribution in [2.75, 3.05) is 20.2 Å². The zero-order chi connectivity index (χ0) is 24.4. The molecular weight excluding hydrogens is 442 g/mol. The molecule has 4 fully saturated rings. The fourth-order valence-electron chi connectivity index (χ4n) is 7.73. The van der Waals surface area contributed by atoms with E-state index in [4.69, 9.17) is 4.74 Å². The van der Waals surface area contributed by atoms with Crippen LogP contribution in [0.15, 0.2) is 48.5 Å². The number of rotatable bonds is 5. The highest BCUT2D eigenvalue weighted by Crippen LogP contribution is 2.65. The standard InChI is InChI=1S/C28H33N3O4/c1-18-8-9-21(35-2)14-22(18)26-15-20-16-31(13-10-19-6-4-3-5-7-19)23(20)28(26,34)12-11-27(17-26)24(32)29-25(33)30-27/h3-9,14,20,23,34H,10-13,15-17H2,1-2H3,(H2,29,30,32,33)/t20?,23-,26-,27+,28?/m1/s1. The Morgan fingerprint density at radius 1 is 1.14 bits per heavy atom. The molecule has 1 spiro atoms. The summed E-state index contributed by atoms with van der Waals surface area (Å²) in [6, 6.07) is 16.1. The topological polar surface area (TPSA) is 90.9 Å². The summed E-state index contributed by atoms with van der Waals surface area (Å²) in [5.41, 5.74) is 0.757. The Morgan fingerprint density at radius 2 is 1.94 bits per heavy atom. The van der Waals surface area contributed by atoms with Crippen LogP contribution in [-0.2, 0) is 16.6 Å². The monoisotopic (exact) mass is 475 g/mol. The molecule has 6 rings (SSSR count). The molecule has 2 aliphatic heterocycles. The molecule has 3 amide bonds. The minimum Gasteiger partial charge on any atom is -0.497 e. The number of nitrogens with zero attached hydrogens (tertiary/aromatic N) is 1. The fraction of sp³-hybridized carbons (Fsp3) is 0.500. The lowest BCUT2D eigenvalue weighted by atomic mass is 9.55. The molecule has 3 N–H and O–H groups in total. The summed E-state index contributed by atoms with van der Waals surface area (Å²) in [5.74, 6) is 0.809. The van der Waals surface area contributed by atoms with Crippen LogP contribution >= 0.6 is 0 Å². The summed E-state index contributed by atoms with van der Waals surface area (Å²) in [7, 11) is 1.65. The quantitative estimate of drug-likeness (QED) is 0.579. The number of ether oxygens (including phenoxy) is 1. The Kier molecular flexibility index (Phi) is 5.03. The van der Waals surface area contributed by atoms with Gasteiger partial charge in [-0.3, -0.25) is 15.0 Å². The van der Waals surface area contributed by atoms with Gasteiger partial charge < -0.3 is 15.2 Å². The number of urea groups is 1. The number of methoxy groups -OCH3 is 1. The Bertz CT molecular complexity index is 1190. The molecule has 2 aromatic carbocycles. The van der Waals surface area contributed by atoms with E-state index in [-0.39, 0.29) is 11.9 Å². The highest BCUT2D eigenvalue weighted by molar-refractivity contribution is 6.07. The second kappa shape index (κ2) is 7.80. The maximum absolute atomic E-state index is 13.0. The van der Waals surface area contributed by atoms with Crippen molar-refractivity contribution in [3.05, 3.63) is 65.2 Å². The van der Waals surface area contributed by atoms with Gasteiger partial charge in [0.15, 0.2) is 0 Å². The maximum Gasteiger partial charge on any atom is 0.322 e. The van der Waals surface area contributed by atoms with Crippen molar-refractivity contribution >= 4 is 11.9 Å². The van der Waals surface area contributed by atoms with E-state index in [1.165, 1.54) is 5.56 Å². The van der Waals surface area contributed by atoms with Gasteiger partial charge in [0.05, 0.1) is 12.7 Å². The molecule has 7 heteroatoms. The molecule has 184 valence electrons. The highest BCUT2D eigenvalue weighted by atomic mass is 16.5. The lowest BCUT2D eigenvalue weighted by molar-refractivity contribution is -0.148. The van der Waals surface area contributed by atoms with Gasteiger partial charge in [-0.15, -0.1) is 0 Å². The molecule has 0 bridgehead atoms. The first-order chi connectivity index (χ1) is 16.8. The summed E-state index contributed by atoms with van der Waals surface area (Å²) in [4.78, 5) is 27.6. The number of carbonyl (C=O) groups is 2. The first-order valence-corrected chi connectivity index (χ1v) is 12.6. The van der Waals surface area contributed by atoms with E-state index in [0.717, 1.165) is 42.8 Å². The highest BCUT2D eigenvalue weighted by Gasteiger charge is 2.73. The van der Waals surface area contributed by atoms with E-state index in [9.17, 15) is 14.7 Å². The second-order valence-electron chi connectivity index (χ2n) is 11.0. The third-order valence-electron chi connectivity index (χ3n) is 9.28. The average Bonchev–Trinajstić information content (AvgIpc) is 3.21. The van der Waals surface area contributed by atoms with Crippen LogP contribution in [0.1, 0.15) is 42.4 Å². The van der Waals surface area contributed by atoms with Gasteiger partial charge in [0, 0.05) is 24.5 Å². The van der Waals surface area contributed by atoms with E-state index in [2.05, 4.69) is 46.7 Å². The number of hydrogen-bond donors (Lipinski definition) is 3. The molecule has 4 aliphatic rings. The number of benzene rings is 2. The Morgan fingerprint density at radius 3 is 2.66 bits per heavy atom. The number of aliphatic hydroxyl groups is 1. The average molecular weight is 476 g/mol. The predicted molar refractivity (Wildman–Crippen MR) is 131 cm³/mol. The number of fused-ring (bicyclic) bond motifs is 3. The number of amides is 3. The van der Waals surface area contributed by atoms with Crippen molar-refractivity contribution in [2.24, 2.45) is 5.92 Å². The molecule has 2 saturated heterocycles. The molecule has 7 nitrogen and oxygen atoms in total. The number of imide groups is 1. The summed E-state index contributed by atoms with van der Waals surface area (Å²) in [5, 5.41) is 18.0. The molecular formula is C28H33N3O4. The lowest BCUT2D eigenvalue weighted by Gasteiger charge is -2.57. The van der Waals surface area contributed by atoms with Gasteiger partial charge >= 0.3 is 6.03 Å². The second-order valence-corrected chi connectivity index (χ2v) is 11.0. The molecule has 2 aliphatic carbocycles. The van der Waals surface area contributed by atoms with E-state index < -0.39 is 22.6 Å². The normalized spacial score (nSPS) is 35.7. The molecule has 0 aromatic heterocycles. The van der Waals surface area contributed by atoms with Crippen LogP contribution in [0.5, 0.6) is 5.75 Å². The third kappa shape index (κ3) is 3.17. The van der Waals surface area contributed by atoms with E-state index in [1.54, 1.807) is 7.11 Å². The summed E-state index contributed by atoms with van der Waals surface area (Å²) in [6.07, 6.45) is 3.01. The first kappa shape index (κ1) is 22.6. The molecule has 2 aromatic rings. The van der Waals surface area contributed by atoms with Crippen LogP contribution in [0.4, 0.5) is 4.79 Å². The molecule has 2 heterocycles. The zero-order valence-corrected chi connectivity index (χ0v) is 20.3. The number of nitrogens with one attached hydrogen (secondary N) is 2. The molecule has 0 radical (unpaired) electrons. The van der Waals surface area contributed by atoms with Gasteiger partial charge in [0.2, 0.25) is 0 Å². The molecule has 2 saturated carbocycles. The molecule has 5 atom stereocenters. The van der Waals surface area contributed by atoms with Crippen molar-refractivity contribution < 1.29 is 19.4 Å². The van der Waals surface area contributed by atoms with Crippen LogP contribution in [-0.4, -0.2) is 59.3 Å². The number of likely N-dealkylation sites (tertiary alicyclic amines) is 1. The Balaban J connectivity index is 1.39. The number of hydrogen-bond acceptors (Lipinski definition) is 5. The van der Waals surface area contributed by atoms with Gasteiger partial charge in [0.25, 0.3) is 5.91 Å². The van der Waals surface area contributed by atoms with Crippen molar-refractivity contribution in [3.63, 3.8) is 0 Å².